The van der Waals surface area contributed by atoms with Gasteiger partial charge in [-0.15, -0.1) is 11.3 Å². The number of hydrazine groups is 1. The first kappa shape index (κ1) is 13.5. The van der Waals surface area contributed by atoms with E-state index >= 15 is 0 Å². The van der Waals surface area contributed by atoms with Gasteiger partial charge in [0.25, 0.3) is 0 Å². The van der Waals surface area contributed by atoms with Crippen molar-refractivity contribution in [3.63, 3.8) is 0 Å². The van der Waals surface area contributed by atoms with E-state index in [1.165, 1.54) is 4.88 Å². The topological polar surface area (TPSA) is 47.3 Å². The van der Waals surface area contributed by atoms with Gasteiger partial charge in [0.1, 0.15) is 12.4 Å². The lowest BCUT2D eigenvalue weighted by Gasteiger charge is -2.16. The SMILES string of the molecule is NNC(COc1ccccc1)Cc1sccc1Br. The van der Waals surface area contributed by atoms with Gasteiger partial charge in [0.05, 0.1) is 6.04 Å². The van der Waals surface area contributed by atoms with Gasteiger partial charge in [-0.2, -0.15) is 0 Å². The molecular formula is C13H15BrN2OS. The number of rotatable bonds is 6. The molecule has 0 radical (unpaired) electrons. The fourth-order valence-corrected chi connectivity index (χ4v) is 3.17. The minimum atomic E-state index is 0.0974. The highest BCUT2D eigenvalue weighted by molar-refractivity contribution is 9.10. The molecule has 1 aromatic carbocycles. The van der Waals surface area contributed by atoms with Crippen LogP contribution in [0.3, 0.4) is 0 Å². The Morgan fingerprint density at radius 3 is 2.67 bits per heavy atom. The minimum Gasteiger partial charge on any atom is -0.492 e. The normalized spacial score (nSPS) is 12.3. The van der Waals surface area contributed by atoms with Gasteiger partial charge in [-0.05, 0) is 39.5 Å². The highest BCUT2D eigenvalue weighted by Gasteiger charge is 2.11. The number of hydrogen-bond donors (Lipinski definition) is 2. The van der Waals surface area contributed by atoms with Crippen molar-refractivity contribution in [3.8, 4) is 5.75 Å². The van der Waals surface area contributed by atoms with Crippen molar-refractivity contribution in [2.75, 3.05) is 6.61 Å². The molecule has 0 saturated carbocycles. The molecule has 0 fully saturated rings. The summed E-state index contributed by atoms with van der Waals surface area (Å²) in [5.41, 5.74) is 2.80. The Balaban J connectivity index is 1.88. The van der Waals surface area contributed by atoms with Crippen LogP contribution in [0.4, 0.5) is 0 Å². The number of para-hydroxylation sites is 1. The molecule has 1 aromatic heterocycles. The van der Waals surface area contributed by atoms with Crippen LogP contribution in [0.25, 0.3) is 0 Å². The summed E-state index contributed by atoms with van der Waals surface area (Å²) < 4.78 is 6.83. The van der Waals surface area contributed by atoms with E-state index in [1.807, 2.05) is 36.4 Å². The molecule has 5 heteroatoms. The van der Waals surface area contributed by atoms with Gasteiger partial charge in [-0.25, -0.2) is 0 Å². The first-order valence-corrected chi connectivity index (χ1v) is 7.32. The van der Waals surface area contributed by atoms with Crippen LogP contribution in [-0.4, -0.2) is 12.6 Å². The maximum absolute atomic E-state index is 5.69. The first-order chi connectivity index (χ1) is 8.79. The summed E-state index contributed by atoms with van der Waals surface area (Å²) in [6, 6.07) is 11.9. The molecule has 96 valence electrons. The molecule has 1 atom stereocenters. The second kappa shape index (κ2) is 6.89. The van der Waals surface area contributed by atoms with E-state index in [0.29, 0.717) is 6.61 Å². The molecule has 0 saturated heterocycles. The molecule has 3 nitrogen and oxygen atoms in total. The molecule has 0 amide bonds. The molecule has 2 aromatic rings. The van der Waals surface area contributed by atoms with Crippen LogP contribution in [0.5, 0.6) is 5.75 Å². The number of nitrogens with one attached hydrogen (secondary N) is 1. The fourth-order valence-electron chi connectivity index (χ4n) is 1.57. The summed E-state index contributed by atoms with van der Waals surface area (Å²) in [5, 5.41) is 2.06. The predicted molar refractivity (Wildman–Crippen MR) is 78.8 cm³/mol. The Labute approximate surface area is 119 Å². The molecule has 1 unspecified atom stereocenters. The summed E-state index contributed by atoms with van der Waals surface area (Å²) >= 11 is 5.24. The van der Waals surface area contributed by atoms with Crippen molar-refractivity contribution in [2.45, 2.75) is 12.5 Å². The maximum atomic E-state index is 5.69. The monoisotopic (exact) mass is 326 g/mol. The lowest BCUT2D eigenvalue weighted by Crippen LogP contribution is -2.41. The summed E-state index contributed by atoms with van der Waals surface area (Å²) in [4.78, 5) is 1.27. The fraction of sp³-hybridized carbons (Fsp3) is 0.231. The van der Waals surface area contributed by atoms with Crippen molar-refractivity contribution in [1.29, 1.82) is 0 Å². The van der Waals surface area contributed by atoms with Crippen LogP contribution in [0.15, 0.2) is 46.3 Å². The molecule has 0 bridgehead atoms. The molecule has 0 aliphatic rings. The Morgan fingerprint density at radius 1 is 1.28 bits per heavy atom. The third-order valence-corrected chi connectivity index (χ3v) is 4.50. The van der Waals surface area contributed by atoms with Crippen LogP contribution in [0, 0.1) is 0 Å². The Hall–Kier alpha value is -0.880. The van der Waals surface area contributed by atoms with E-state index in [-0.39, 0.29) is 6.04 Å². The number of thiophene rings is 1. The zero-order valence-corrected chi connectivity index (χ0v) is 12.2. The minimum absolute atomic E-state index is 0.0974. The van der Waals surface area contributed by atoms with Crippen LogP contribution in [0.1, 0.15) is 4.88 Å². The third kappa shape index (κ3) is 3.81. The standard InChI is InChI=1S/C13H15BrN2OS/c14-12-6-7-18-13(12)8-10(16-15)9-17-11-4-2-1-3-5-11/h1-7,10,16H,8-9,15H2. The van der Waals surface area contributed by atoms with Crippen molar-refractivity contribution in [3.05, 3.63) is 51.1 Å². The number of halogens is 1. The molecule has 0 aliphatic heterocycles. The second-order valence-electron chi connectivity index (χ2n) is 3.88. The quantitative estimate of drug-likeness (QED) is 0.633. The maximum Gasteiger partial charge on any atom is 0.119 e. The number of benzene rings is 1. The van der Waals surface area contributed by atoms with Gasteiger partial charge in [-0.1, -0.05) is 18.2 Å². The third-order valence-electron chi connectivity index (χ3n) is 2.55. The lowest BCUT2D eigenvalue weighted by atomic mass is 10.2. The van der Waals surface area contributed by atoms with Crippen LogP contribution < -0.4 is 16.0 Å². The molecular weight excluding hydrogens is 312 g/mol. The number of hydrogen-bond acceptors (Lipinski definition) is 4. The van der Waals surface area contributed by atoms with Crippen molar-refractivity contribution in [1.82, 2.24) is 5.43 Å². The van der Waals surface area contributed by atoms with Crippen LogP contribution >= 0.6 is 27.3 Å². The van der Waals surface area contributed by atoms with E-state index in [4.69, 9.17) is 10.6 Å². The smallest absolute Gasteiger partial charge is 0.119 e. The highest BCUT2D eigenvalue weighted by Crippen LogP contribution is 2.24. The van der Waals surface area contributed by atoms with Crippen molar-refractivity contribution < 1.29 is 4.74 Å². The summed E-state index contributed by atoms with van der Waals surface area (Å²) in [7, 11) is 0. The Kier molecular flexibility index (Phi) is 5.19. The highest BCUT2D eigenvalue weighted by atomic mass is 79.9. The van der Waals surface area contributed by atoms with Gasteiger partial charge in [-0.3, -0.25) is 11.3 Å². The predicted octanol–water partition coefficient (Wildman–Crippen LogP) is 2.96. The average Bonchev–Trinajstić information content (AvgIpc) is 2.81. The van der Waals surface area contributed by atoms with Gasteiger partial charge in [0.15, 0.2) is 0 Å². The summed E-state index contributed by atoms with van der Waals surface area (Å²) in [6.45, 7) is 0.546. The zero-order valence-electron chi connectivity index (χ0n) is 9.80. The van der Waals surface area contributed by atoms with Gasteiger partial charge in [0, 0.05) is 15.8 Å². The first-order valence-electron chi connectivity index (χ1n) is 5.65. The Bertz CT molecular complexity index is 475. The number of nitrogens with two attached hydrogens (primary N) is 1. The number of ether oxygens (including phenoxy) is 1. The van der Waals surface area contributed by atoms with Crippen LogP contribution in [-0.2, 0) is 6.42 Å². The Morgan fingerprint density at radius 2 is 2.06 bits per heavy atom. The lowest BCUT2D eigenvalue weighted by molar-refractivity contribution is 0.264. The van der Waals surface area contributed by atoms with Gasteiger partial charge < -0.3 is 4.74 Å². The summed E-state index contributed by atoms with van der Waals surface area (Å²) in [5.74, 6) is 6.43. The molecule has 2 rings (SSSR count). The molecule has 3 N–H and O–H groups in total. The molecule has 18 heavy (non-hydrogen) atoms. The van der Waals surface area contributed by atoms with E-state index in [9.17, 15) is 0 Å². The molecule has 0 spiro atoms. The largest absolute Gasteiger partial charge is 0.492 e. The second-order valence-corrected chi connectivity index (χ2v) is 5.74. The van der Waals surface area contributed by atoms with E-state index in [1.54, 1.807) is 11.3 Å². The van der Waals surface area contributed by atoms with Crippen molar-refractivity contribution in [2.24, 2.45) is 5.84 Å². The van der Waals surface area contributed by atoms with Crippen molar-refractivity contribution >= 4 is 27.3 Å². The van der Waals surface area contributed by atoms with E-state index < -0.39 is 0 Å². The molecule has 1 heterocycles. The van der Waals surface area contributed by atoms with E-state index in [2.05, 4.69) is 26.7 Å². The summed E-state index contributed by atoms with van der Waals surface area (Å²) in [6.07, 6.45) is 0.849. The van der Waals surface area contributed by atoms with Gasteiger partial charge >= 0.3 is 0 Å². The van der Waals surface area contributed by atoms with E-state index in [0.717, 1.165) is 16.6 Å². The zero-order chi connectivity index (χ0) is 12.8. The average molecular weight is 327 g/mol. The van der Waals surface area contributed by atoms with Gasteiger partial charge in [0.2, 0.25) is 0 Å². The molecule has 0 aliphatic carbocycles. The van der Waals surface area contributed by atoms with Crippen LogP contribution in [0.2, 0.25) is 0 Å².